The lowest BCUT2D eigenvalue weighted by molar-refractivity contribution is -0.119. The molecule has 0 aliphatic rings. The Morgan fingerprint density at radius 3 is 2.88 bits per heavy atom. The van der Waals surface area contributed by atoms with Gasteiger partial charge in [-0.1, -0.05) is 13.0 Å². The van der Waals surface area contributed by atoms with Crippen LogP contribution in [-0.4, -0.2) is 34.0 Å². The number of nitrogens with zero attached hydrogens (tertiary/aromatic N) is 1. The van der Waals surface area contributed by atoms with Gasteiger partial charge in [0, 0.05) is 22.4 Å². The second kappa shape index (κ2) is 8.80. The van der Waals surface area contributed by atoms with Crippen LogP contribution in [0, 0.1) is 6.92 Å². The van der Waals surface area contributed by atoms with E-state index in [-0.39, 0.29) is 23.5 Å². The smallest absolute Gasteiger partial charge is 0.232 e. The van der Waals surface area contributed by atoms with Crippen LogP contribution in [0.2, 0.25) is 0 Å². The number of nitrogens with one attached hydrogen (secondary N) is 1. The molecule has 136 valence electrons. The number of aryl methyl sites for hydroxylation is 1. The highest BCUT2D eigenvalue weighted by atomic mass is 32.2. The molecule has 1 heterocycles. The summed E-state index contributed by atoms with van der Waals surface area (Å²) >= 11 is 0. The van der Waals surface area contributed by atoms with Crippen molar-refractivity contribution in [2.75, 3.05) is 12.9 Å². The van der Waals surface area contributed by atoms with Crippen molar-refractivity contribution in [3.05, 3.63) is 35.7 Å². The molecule has 1 N–H and O–H groups in total. The van der Waals surface area contributed by atoms with Gasteiger partial charge in [0.25, 0.3) is 0 Å². The molecule has 0 aliphatic heterocycles. The van der Waals surface area contributed by atoms with Gasteiger partial charge in [-0.05, 0) is 38.5 Å². The minimum atomic E-state index is -1.34. The number of hydrogen-bond donors (Lipinski definition) is 1. The zero-order chi connectivity index (χ0) is 18.4. The number of oxazole rings is 1. The van der Waals surface area contributed by atoms with E-state index >= 15 is 0 Å². The highest BCUT2D eigenvalue weighted by Crippen LogP contribution is 2.25. The van der Waals surface area contributed by atoms with Gasteiger partial charge in [-0.25, -0.2) is 4.98 Å². The molecule has 0 bridgehead atoms. The molecule has 25 heavy (non-hydrogen) atoms. The number of ether oxygens (including phenoxy) is 1. The Kier molecular flexibility index (Phi) is 6.75. The highest BCUT2D eigenvalue weighted by molar-refractivity contribution is 7.84. The van der Waals surface area contributed by atoms with Gasteiger partial charge in [0.2, 0.25) is 11.8 Å². The Bertz CT molecular complexity index is 757. The van der Waals surface area contributed by atoms with Crippen LogP contribution in [0.5, 0.6) is 5.75 Å². The molecule has 6 nitrogen and oxygen atoms in total. The maximum atomic E-state index is 12.2. The molecule has 7 heteroatoms. The summed E-state index contributed by atoms with van der Waals surface area (Å²) in [6, 6.07) is 7.47. The Hall–Kier alpha value is -2.15. The summed E-state index contributed by atoms with van der Waals surface area (Å²) in [7, 11) is 0.258. The van der Waals surface area contributed by atoms with Crippen molar-refractivity contribution in [1.29, 1.82) is 0 Å². The third kappa shape index (κ3) is 5.42. The minimum Gasteiger partial charge on any atom is -0.497 e. The maximum Gasteiger partial charge on any atom is 0.232 e. The Labute approximate surface area is 150 Å². The van der Waals surface area contributed by atoms with Crippen LogP contribution in [0.4, 0.5) is 0 Å². The first-order chi connectivity index (χ1) is 11.9. The van der Waals surface area contributed by atoms with E-state index in [1.165, 1.54) is 0 Å². The summed E-state index contributed by atoms with van der Waals surface area (Å²) in [5, 5.41) is 2.81. The Morgan fingerprint density at radius 2 is 2.20 bits per heavy atom. The van der Waals surface area contributed by atoms with Crippen LogP contribution < -0.4 is 10.1 Å². The standard InChI is InChI=1S/C18H24N2O4S/c1-5-12(2)19-17(21)11-25(22)10-16-13(3)24-18(20-16)14-7-6-8-15(9-14)23-4/h6-9,12H,5,10-11H2,1-4H3,(H,19,21)/t12-,25-/m0/s1. The van der Waals surface area contributed by atoms with Crippen LogP contribution in [0.15, 0.2) is 28.7 Å². The second-order valence-electron chi connectivity index (χ2n) is 5.86. The van der Waals surface area contributed by atoms with Gasteiger partial charge < -0.3 is 14.5 Å². The Morgan fingerprint density at radius 1 is 1.44 bits per heavy atom. The number of carbonyl (C=O) groups excluding carboxylic acids is 1. The number of amides is 1. The van der Waals surface area contributed by atoms with E-state index in [2.05, 4.69) is 10.3 Å². The quantitative estimate of drug-likeness (QED) is 0.779. The third-order valence-corrected chi connectivity index (χ3v) is 5.00. The number of rotatable bonds is 8. The zero-order valence-electron chi connectivity index (χ0n) is 15.0. The molecule has 2 aromatic rings. The average Bonchev–Trinajstić information content (AvgIpc) is 2.95. The average molecular weight is 364 g/mol. The van der Waals surface area contributed by atoms with Gasteiger partial charge in [-0.15, -0.1) is 0 Å². The van der Waals surface area contributed by atoms with Crippen LogP contribution in [0.1, 0.15) is 31.7 Å². The first kappa shape index (κ1) is 19.2. The lowest BCUT2D eigenvalue weighted by Crippen LogP contribution is -2.35. The van der Waals surface area contributed by atoms with Gasteiger partial charge in [-0.2, -0.15) is 0 Å². The molecule has 2 rings (SSSR count). The molecule has 2 atom stereocenters. The molecule has 0 fully saturated rings. The first-order valence-corrected chi connectivity index (χ1v) is 9.66. The van der Waals surface area contributed by atoms with Crippen molar-refractivity contribution in [3.8, 4) is 17.2 Å². The molecule has 1 amide bonds. The molecule has 0 unspecified atom stereocenters. The topological polar surface area (TPSA) is 81.4 Å². The van der Waals surface area contributed by atoms with Crippen LogP contribution in [-0.2, 0) is 21.3 Å². The lowest BCUT2D eigenvalue weighted by Gasteiger charge is -2.10. The molecule has 0 spiro atoms. The largest absolute Gasteiger partial charge is 0.497 e. The summed E-state index contributed by atoms with van der Waals surface area (Å²) in [6.45, 7) is 5.69. The van der Waals surface area contributed by atoms with Gasteiger partial charge >= 0.3 is 0 Å². The molecule has 0 aliphatic carbocycles. The molecule has 0 saturated carbocycles. The van der Waals surface area contributed by atoms with Crippen molar-refractivity contribution in [3.63, 3.8) is 0 Å². The van der Waals surface area contributed by atoms with E-state index < -0.39 is 10.8 Å². The van der Waals surface area contributed by atoms with E-state index in [1.807, 2.05) is 38.1 Å². The fourth-order valence-electron chi connectivity index (χ4n) is 2.21. The van der Waals surface area contributed by atoms with Crippen molar-refractivity contribution in [2.24, 2.45) is 0 Å². The predicted molar refractivity (Wildman–Crippen MR) is 97.8 cm³/mol. The zero-order valence-corrected chi connectivity index (χ0v) is 15.8. The van der Waals surface area contributed by atoms with E-state index in [1.54, 1.807) is 14.0 Å². The summed E-state index contributed by atoms with van der Waals surface area (Å²) in [6.07, 6.45) is 0.838. The van der Waals surface area contributed by atoms with Crippen molar-refractivity contribution < 1.29 is 18.2 Å². The van der Waals surface area contributed by atoms with Gasteiger partial charge in [-0.3, -0.25) is 9.00 Å². The number of methoxy groups -OCH3 is 1. The number of carbonyl (C=O) groups is 1. The molecular weight excluding hydrogens is 340 g/mol. The van der Waals surface area contributed by atoms with E-state index in [9.17, 15) is 9.00 Å². The maximum absolute atomic E-state index is 12.2. The van der Waals surface area contributed by atoms with Crippen LogP contribution in [0.3, 0.4) is 0 Å². The molecule has 0 radical (unpaired) electrons. The summed E-state index contributed by atoms with van der Waals surface area (Å²) < 4.78 is 23.1. The minimum absolute atomic E-state index is 0.0366. The summed E-state index contributed by atoms with van der Waals surface area (Å²) in [5.41, 5.74) is 1.39. The number of aromatic nitrogens is 1. The second-order valence-corrected chi connectivity index (χ2v) is 7.32. The van der Waals surface area contributed by atoms with Crippen LogP contribution >= 0.6 is 0 Å². The fraction of sp³-hybridized carbons (Fsp3) is 0.444. The van der Waals surface area contributed by atoms with Crippen LogP contribution in [0.25, 0.3) is 11.5 Å². The van der Waals surface area contributed by atoms with E-state index in [0.717, 1.165) is 12.0 Å². The normalized spacial score (nSPS) is 13.3. The molecule has 0 saturated heterocycles. The van der Waals surface area contributed by atoms with Gasteiger partial charge in [0.1, 0.15) is 17.3 Å². The van der Waals surface area contributed by atoms with E-state index in [4.69, 9.17) is 9.15 Å². The first-order valence-electron chi connectivity index (χ1n) is 8.18. The Balaban J connectivity index is 2.04. The fourth-order valence-corrected chi connectivity index (χ4v) is 3.26. The van der Waals surface area contributed by atoms with E-state index in [0.29, 0.717) is 23.1 Å². The lowest BCUT2D eigenvalue weighted by atomic mass is 10.2. The monoisotopic (exact) mass is 364 g/mol. The van der Waals surface area contributed by atoms with Crippen molar-refractivity contribution >= 4 is 16.7 Å². The van der Waals surface area contributed by atoms with Gasteiger partial charge in [0.15, 0.2) is 0 Å². The predicted octanol–water partition coefficient (Wildman–Crippen LogP) is 2.82. The van der Waals surface area contributed by atoms with Gasteiger partial charge in [0.05, 0.1) is 18.6 Å². The molecular formula is C18H24N2O4S. The SMILES string of the molecule is CC[C@H](C)NC(=O)C[S@@](=O)Cc1nc(-c2cccc(OC)c2)oc1C. The van der Waals surface area contributed by atoms with Crippen molar-refractivity contribution in [1.82, 2.24) is 10.3 Å². The highest BCUT2D eigenvalue weighted by Gasteiger charge is 2.17. The molecule has 1 aromatic heterocycles. The summed E-state index contributed by atoms with van der Waals surface area (Å²) in [5.74, 6) is 1.71. The number of hydrogen-bond acceptors (Lipinski definition) is 5. The van der Waals surface area contributed by atoms with Crippen molar-refractivity contribution in [2.45, 2.75) is 39.0 Å². The third-order valence-electron chi connectivity index (χ3n) is 3.82. The summed E-state index contributed by atoms with van der Waals surface area (Å²) in [4.78, 5) is 16.3. The number of benzene rings is 1. The molecule has 1 aromatic carbocycles.